The molecule has 2 aromatic carbocycles. The SMILES string of the molecule is COc1ccc(-c2cccc(NC(=O)c3cc4cccc(OC)c4oc3=O)c2)cn1. The highest BCUT2D eigenvalue weighted by Gasteiger charge is 2.16. The minimum atomic E-state index is -0.736. The van der Waals surface area contributed by atoms with Crippen molar-refractivity contribution in [3.63, 3.8) is 0 Å². The van der Waals surface area contributed by atoms with Gasteiger partial charge in [-0.05, 0) is 35.9 Å². The van der Waals surface area contributed by atoms with Crippen molar-refractivity contribution in [3.8, 4) is 22.8 Å². The Morgan fingerprint density at radius 3 is 2.53 bits per heavy atom. The molecule has 2 aromatic heterocycles. The van der Waals surface area contributed by atoms with Crippen molar-refractivity contribution in [3.05, 3.63) is 82.8 Å². The molecule has 2 heterocycles. The van der Waals surface area contributed by atoms with Gasteiger partial charge in [-0.25, -0.2) is 9.78 Å². The van der Waals surface area contributed by atoms with Gasteiger partial charge in [-0.3, -0.25) is 4.79 Å². The minimum absolute atomic E-state index is 0.0905. The Morgan fingerprint density at radius 1 is 0.967 bits per heavy atom. The van der Waals surface area contributed by atoms with Crippen LogP contribution in [0.4, 0.5) is 5.69 Å². The number of amides is 1. The predicted octanol–water partition coefficient (Wildman–Crippen LogP) is 4.12. The predicted molar refractivity (Wildman–Crippen MR) is 113 cm³/mol. The van der Waals surface area contributed by atoms with Crippen LogP contribution in [-0.2, 0) is 0 Å². The fourth-order valence-electron chi connectivity index (χ4n) is 3.08. The number of aromatic nitrogens is 1. The van der Waals surface area contributed by atoms with Gasteiger partial charge in [-0.1, -0.05) is 24.3 Å². The van der Waals surface area contributed by atoms with Crippen LogP contribution >= 0.6 is 0 Å². The Hall–Kier alpha value is -4.13. The van der Waals surface area contributed by atoms with E-state index in [1.165, 1.54) is 13.2 Å². The molecule has 0 bridgehead atoms. The average Bonchev–Trinajstić information content (AvgIpc) is 2.78. The molecule has 0 aliphatic rings. The second-order valence-corrected chi connectivity index (χ2v) is 6.45. The van der Waals surface area contributed by atoms with Crippen LogP contribution in [0.2, 0.25) is 0 Å². The molecule has 0 spiro atoms. The standard InChI is InChI=1S/C23H18N2O5/c1-28-19-8-4-6-15-12-18(23(27)30-21(15)19)22(26)25-17-7-3-5-14(11-17)16-9-10-20(29-2)24-13-16/h3-13H,1-2H3,(H,25,26). The van der Waals surface area contributed by atoms with E-state index in [-0.39, 0.29) is 5.56 Å². The van der Waals surface area contributed by atoms with Crippen molar-refractivity contribution in [2.24, 2.45) is 0 Å². The van der Waals surface area contributed by atoms with E-state index in [0.29, 0.717) is 28.3 Å². The van der Waals surface area contributed by atoms with E-state index in [9.17, 15) is 9.59 Å². The topological polar surface area (TPSA) is 90.7 Å². The summed E-state index contributed by atoms with van der Waals surface area (Å²) in [5.74, 6) is 0.388. The molecule has 1 N–H and O–H groups in total. The number of pyridine rings is 1. The van der Waals surface area contributed by atoms with Crippen LogP contribution < -0.4 is 20.4 Å². The molecule has 0 aliphatic carbocycles. The third-order valence-electron chi connectivity index (χ3n) is 4.59. The smallest absolute Gasteiger partial charge is 0.349 e. The summed E-state index contributed by atoms with van der Waals surface area (Å²) in [6.07, 6.45) is 1.69. The van der Waals surface area contributed by atoms with Crippen LogP contribution in [0.1, 0.15) is 10.4 Å². The van der Waals surface area contributed by atoms with Crippen LogP contribution in [0.5, 0.6) is 11.6 Å². The maximum atomic E-state index is 12.7. The molecule has 7 heteroatoms. The first-order valence-corrected chi connectivity index (χ1v) is 9.12. The van der Waals surface area contributed by atoms with Crippen LogP contribution in [-0.4, -0.2) is 25.1 Å². The van der Waals surface area contributed by atoms with Gasteiger partial charge in [-0.15, -0.1) is 0 Å². The van der Waals surface area contributed by atoms with Crippen molar-refractivity contribution < 1.29 is 18.7 Å². The van der Waals surface area contributed by atoms with Gasteiger partial charge >= 0.3 is 5.63 Å². The van der Waals surface area contributed by atoms with E-state index < -0.39 is 11.5 Å². The number of carbonyl (C=O) groups excluding carboxylic acids is 1. The highest BCUT2D eigenvalue weighted by molar-refractivity contribution is 6.05. The molecular formula is C23H18N2O5. The van der Waals surface area contributed by atoms with E-state index in [2.05, 4.69) is 10.3 Å². The Kier molecular flexibility index (Phi) is 5.17. The van der Waals surface area contributed by atoms with Crippen LogP contribution in [0.3, 0.4) is 0 Å². The lowest BCUT2D eigenvalue weighted by atomic mass is 10.1. The third-order valence-corrected chi connectivity index (χ3v) is 4.59. The van der Waals surface area contributed by atoms with Crippen LogP contribution in [0, 0.1) is 0 Å². The summed E-state index contributed by atoms with van der Waals surface area (Å²) in [6.45, 7) is 0. The molecular weight excluding hydrogens is 384 g/mol. The zero-order valence-electron chi connectivity index (χ0n) is 16.3. The molecule has 0 fully saturated rings. The van der Waals surface area contributed by atoms with Gasteiger partial charge in [-0.2, -0.15) is 0 Å². The summed E-state index contributed by atoms with van der Waals surface area (Å²) in [6, 6.07) is 17.6. The van der Waals surface area contributed by atoms with Gasteiger partial charge in [0.05, 0.1) is 14.2 Å². The second-order valence-electron chi connectivity index (χ2n) is 6.45. The maximum absolute atomic E-state index is 12.7. The van der Waals surface area contributed by atoms with Crippen LogP contribution in [0.15, 0.2) is 76.1 Å². The van der Waals surface area contributed by atoms with Crippen molar-refractivity contribution >= 4 is 22.6 Å². The van der Waals surface area contributed by atoms with E-state index >= 15 is 0 Å². The number of nitrogens with one attached hydrogen (secondary N) is 1. The first kappa shape index (κ1) is 19.2. The number of ether oxygens (including phenoxy) is 2. The lowest BCUT2D eigenvalue weighted by Gasteiger charge is -2.09. The summed E-state index contributed by atoms with van der Waals surface area (Å²) in [4.78, 5) is 29.3. The number of nitrogens with zero attached hydrogens (tertiary/aromatic N) is 1. The quantitative estimate of drug-likeness (QED) is 0.505. The fourth-order valence-corrected chi connectivity index (χ4v) is 3.08. The number of anilines is 1. The summed E-state index contributed by atoms with van der Waals surface area (Å²) in [7, 11) is 3.04. The molecule has 0 saturated heterocycles. The van der Waals surface area contributed by atoms with Crippen molar-refractivity contribution in [1.29, 1.82) is 0 Å². The lowest BCUT2D eigenvalue weighted by Crippen LogP contribution is -2.20. The lowest BCUT2D eigenvalue weighted by molar-refractivity contribution is 0.102. The van der Waals surface area contributed by atoms with Gasteiger partial charge in [0.15, 0.2) is 11.3 Å². The second kappa shape index (κ2) is 8.08. The van der Waals surface area contributed by atoms with Gasteiger partial charge in [0.1, 0.15) is 5.56 Å². The number of rotatable bonds is 5. The number of fused-ring (bicyclic) bond motifs is 1. The molecule has 30 heavy (non-hydrogen) atoms. The number of para-hydroxylation sites is 1. The maximum Gasteiger partial charge on any atom is 0.349 e. The summed E-state index contributed by atoms with van der Waals surface area (Å²) >= 11 is 0. The zero-order valence-corrected chi connectivity index (χ0v) is 16.3. The number of hydrogen-bond acceptors (Lipinski definition) is 6. The Balaban J connectivity index is 1.62. The van der Waals surface area contributed by atoms with E-state index in [1.807, 2.05) is 18.2 Å². The monoisotopic (exact) mass is 402 g/mol. The average molecular weight is 402 g/mol. The Labute approximate surface area is 171 Å². The molecule has 0 aliphatic heterocycles. The molecule has 4 aromatic rings. The molecule has 0 atom stereocenters. The molecule has 1 amide bonds. The first-order valence-electron chi connectivity index (χ1n) is 9.12. The van der Waals surface area contributed by atoms with Gasteiger partial charge in [0.25, 0.3) is 5.91 Å². The molecule has 0 saturated carbocycles. The zero-order chi connectivity index (χ0) is 21.1. The number of carbonyl (C=O) groups is 1. The molecule has 4 rings (SSSR count). The number of hydrogen-bond donors (Lipinski definition) is 1. The number of methoxy groups -OCH3 is 2. The van der Waals surface area contributed by atoms with E-state index in [0.717, 1.165) is 11.1 Å². The largest absolute Gasteiger partial charge is 0.493 e. The Bertz CT molecular complexity index is 1280. The van der Waals surface area contributed by atoms with E-state index in [4.69, 9.17) is 13.9 Å². The van der Waals surface area contributed by atoms with Gasteiger partial charge < -0.3 is 19.2 Å². The van der Waals surface area contributed by atoms with Gasteiger partial charge in [0.2, 0.25) is 5.88 Å². The first-order chi connectivity index (χ1) is 14.6. The van der Waals surface area contributed by atoms with Crippen molar-refractivity contribution in [1.82, 2.24) is 4.98 Å². The minimum Gasteiger partial charge on any atom is -0.493 e. The number of benzene rings is 2. The van der Waals surface area contributed by atoms with Gasteiger partial charge in [0, 0.05) is 28.9 Å². The van der Waals surface area contributed by atoms with Crippen molar-refractivity contribution in [2.45, 2.75) is 0 Å². The van der Waals surface area contributed by atoms with Crippen LogP contribution in [0.25, 0.3) is 22.1 Å². The summed E-state index contributed by atoms with van der Waals surface area (Å²) in [5.41, 5.74) is 1.74. The molecule has 0 unspecified atom stereocenters. The summed E-state index contributed by atoms with van der Waals surface area (Å²) < 4.78 is 15.6. The normalized spacial score (nSPS) is 10.6. The third kappa shape index (κ3) is 3.73. The van der Waals surface area contributed by atoms with E-state index in [1.54, 1.807) is 49.7 Å². The molecule has 150 valence electrons. The fraction of sp³-hybridized carbons (Fsp3) is 0.0870. The highest BCUT2D eigenvalue weighted by Crippen LogP contribution is 2.26. The molecule has 0 radical (unpaired) electrons. The summed E-state index contributed by atoms with van der Waals surface area (Å²) in [5, 5.41) is 3.34. The Morgan fingerprint density at radius 2 is 1.80 bits per heavy atom. The highest BCUT2D eigenvalue weighted by atomic mass is 16.5. The van der Waals surface area contributed by atoms with Crippen molar-refractivity contribution in [2.75, 3.05) is 19.5 Å². The molecule has 7 nitrogen and oxygen atoms in total.